The topological polar surface area (TPSA) is 58.2 Å². The minimum atomic E-state index is -3.00. The fourth-order valence-electron chi connectivity index (χ4n) is 2.02. The molecule has 0 amide bonds. The summed E-state index contributed by atoms with van der Waals surface area (Å²) in [6.07, 6.45) is 4.87. The van der Waals surface area contributed by atoms with Gasteiger partial charge in [-0.15, -0.1) is 0 Å². The van der Waals surface area contributed by atoms with Crippen LogP contribution < -0.4 is 10.6 Å². The summed E-state index contributed by atoms with van der Waals surface area (Å²) in [7, 11) is -3.00. The van der Waals surface area contributed by atoms with Gasteiger partial charge in [-0.3, -0.25) is 0 Å². The number of hydrogen-bond donors (Lipinski definition) is 2. The van der Waals surface area contributed by atoms with Gasteiger partial charge in [-0.2, -0.15) is 0 Å². The van der Waals surface area contributed by atoms with Crippen molar-refractivity contribution in [2.45, 2.75) is 56.9 Å². The van der Waals surface area contributed by atoms with Gasteiger partial charge in [0.15, 0.2) is 9.84 Å². The van der Waals surface area contributed by atoms with E-state index in [1.807, 2.05) is 0 Å². The Morgan fingerprint density at radius 1 is 1.47 bits per heavy atom. The molecule has 2 N–H and O–H groups in total. The van der Waals surface area contributed by atoms with Gasteiger partial charge >= 0.3 is 0 Å². The molecule has 1 saturated heterocycles. The van der Waals surface area contributed by atoms with E-state index in [1.54, 1.807) is 13.8 Å². The molecular formula is C12H26N2O2S. The SMILES string of the molecule is CC(CC1CCCN1)NCC(C)(C)S(C)(=O)=O. The van der Waals surface area contributed by atoms with Gasteiger partial charge in [0, 0.05) is 24.9 Å². The molecule has 2 atom stereocenters. The highest BCUT2D eigenvalue weighted by molar-refractivity contribution is 7.92. The Morgan fingerprint density at radius 3 is 2.59 bits per heavy atom. The zero-order valence-corrected chi connectivity index (χ0v) is 12.2. The summed E-state index contributed by atoms with van der Waals surface area (Å²) in [5, 5.41) is 6.79. The van der Waals surface area contributed by atoms with Crippen LogP contribution in [0.1, 0.15) is 40.0 Å². The maximum atomic E-state index is 11.6. The van der Waals surface area contributed by atoms with Crippen molar-refractivity contribution in [1.29, 1.82) is 0 Å². The second-order valence-electron chi connectivity index (χ2n) is 5.84. The maximum absolute atomic E-state index is 11.6. The van der Waals surface area contributed by atoms with Crippen LogP contribution >= 0.6 is 0 Å². The summed E-state index contributed by atoms with van der Waals surface area (Å²) in [6, 6.07) is 0.950. The van der Waals surface area contributed by atoms with Gasteiger partial charge in [-0.1, -0.05) is 0 Å². The molecule has 0 saturated carbocycles. The Labute approximate surface area is 105 Å². The van der Waals surface area contributed by atoms with Crippen molar-refractivity contribution < 1.29 is 8.42 Å². The second-order valence-corrected chi connectivity index (χ2v) is 8.49. The number of hydrogen-bond acceptors (Lipinski definition) is 4. The van der Waals surface area contributed by atoms with Crippen LogP contribution in [0.15, 0.2) is 0 Å². The van der Waals surface area contributed by atoms with Crippen molar-refractivity contribution >= 4 is 9.84 Å². The van der Waals surface area contributed by atoms with Gasteiger partial charge in [0.05, 0.1) is 4.75 Å². The Hall–Kier alpha value is -0.130. The maximum Gasteiger partial charge on any atom is 0.153 e. The first-order valence-electron chi connectivity index (χ1n) is 6.39. The molecule has 17 heavy (non-hydrogen) atoms. The summed E-state index contributed by atoms with van der Waals surface area (Å²) >= 11 is 0. The van der Waals surface area contributed by atoms with Gasteiger partial charge in [0.25, 0.3) is 0 Å². The predicted octanol–water partition coefficient (Wildman–Crippen LogP) is 0.930. The first-order valence-corrected chi connectivity index (χ1v) is 8.28. The zero-order valence-electron chi connectivity index (χ0n) is 11.4. The third-order valence-corrected chi connectivity index (χ3v) is 5.83. The van der Waals surface area contributed by atoms with Gasteiger partial charge < -0.3 is 10.6 Å². The summed E-state index contributed by atoms with van der Waals surface area (Å²) in [6.45, 7) is 7.30. The normalized spacial score (nSPS) is 23.9. The summed E-state index contributed by atoms with van der Waals surface area (Å²) in [5.41, 5.74) is 0. The minimum Gasteiger partial charge on any atom is -0.314 e. The highest BCUT2D eigenvalue weighted by Crippen LogP contribution is 2.15. The van der Waals surface area contributed by atoms with Crippen molar-refractivity contribution in [2.24, 2.45) is 0 Å². The lowest BCUT2D eigenvalue weighted by atomic mass is 10.1. The first-order chi connectivity index (χ1) is 7.72. The average Bonchev–Trinajstić information content (AvgIpc) is 2.66. The molecule has 5 heteroatoms. The first kappa shape index (κ1) is 14.9. The molecule has 0 radical (unpaired) electrons. The Bertz CT molecular complexity index is 332. The summed E-state index contributed by atoms with van der Waals surface area (Å²) in [4.78, 5) is 0. The molecule has 1 aliphatic rings. The third-order valence-electron chi connectivity index (χ3n) is 3.68. The van der Waals surface area contributed by atoms with E-state index in [-0.39, 0.29) is 0 Å². The van der Waals surface area contributed by atoms with Gasteiger partial charge in [0.1, 0.15) is 0 Å². The van der Waals surface area contributed by atoms with Gasteiger partial charge in [0.2, 0.25) is 0 Å². The van der Waals surface area contributed by atoms with E-state index >= 15 is 0 Å². The van der Waals surface area contributed by atoms with E-state index in [1.165, 1.54) is 19.1 Å². The largest absolute Gasteiger partial charge is 0.314 e. The van der Waals surface area contributed by atoms with Crippen LogP contribution in [0.4, 0.5) is 0 Å². The zero-order chi connectivity index (χ0) is 13.1. The molecule has 0 aromatic heterocycles. The molecule has 0 spiro atoms. The molecule has 2 unspecified atom stereocenters. The van der Waals surface area contributed by atoms with E-state index in [9.17, 15) is 8.42 Å². The molecular weight excluding hydrogens is 236 g/mol. The number of rotatable bonds is 6. The van der Waals surface area contributed by atoms with Crippen molar-refractivity contribution in [3.8, 4) is 0 Å². The van der Waals surface area contributed by atoms with Crippen LogP contribution in [0.25, 0.3) is 0 Å². The molecule has 0 bridgehead atoms. The molecule has 0 aromatic rings. The Kier molecular flexibility index (Phi) is 4.98. The molecule has 4 nitrogen and oxygen atoms in total. The third kappa shape index (κ3) is 4.56. The lowest BCUT2D eigenvalue weighted by Gasteiger charge is -2.26. The highest BCUT2D eigenvalue weighted by atomic mass is 32.2. The molecule has 1 heterocycles. The van der Waals surface area contributed by atoms with Crippen LogP contribution in [-0.2, 0) is 9.84 Å². The van der Waals surface area contributed by atoms with Crippen molar-refractivity contribution in [3.63, 3.8) is 0 Å². The van der Waals surface area contributed by atoms with Crippen LogP contribution in [0.2, 0.25) is 0 Å². The van der Waals surface area contributed by atoms with Gasteiger partial charge in [-0.05, 0) is 46.6 Å². The second kappa shape index (κ2) is 5.67. The molecule has 0 aliphatic carbocycles. The lowest BCUT2D eigenvalue weighted by Crippen LogP contribution is -2.45. The fraction of sp³-hybridized carbons (Fsp3) is 1.00. The average molecular weight is 262 g/mol. The number of nitrogens with one attached hydrogen (secondary N) is 2. The standard InChI is InChI=1S/C12H26N2O2S/c1-10(8-11-6-5-7-13-11)14-9-12(2,3)17(4,15)16/h10-11,13-14H,5-9H2,1-4H3. The highest BCUT2D eigenvalue weighted by Gasteiger charge is 2.30. The molecule has 1 fully saturated rings. The van der Waals surface area contributed by atoms with E-state index in [4.69, 9.17) is 0 Å². The van der Waals surface area contributed by atoms with E-state index in [2.05, 4.69) is 17.6 Å². The fourth-order valence-corrected chi connectivity index (χ4v) is 2.36. The van der Waals surface area contributed by atoms with Crippen LogP contribution in [0.5, 0.6) is 0 Å². The van der Waals surface area contributed by atoms with Crippen molar-refractivity contribution in [2.75, 3.05) is 19.3 Å². The van der Waals surface area contributed by atoms with E-state index < -0.39 is 14.6 Å². The summed E-state index contributed by atoms with van der Waals surface area (Å²) < 4.78 is 22.4. The monoisotopic (exact) mass is 262 g/mol. The van der Waals surface area contributed by atoms with Crippen molar-refractivity contribution in [3.05, 3.63) is 0 Å². The molecule has 102 valence electrons. The van der Waals surface area contributed by atoms with Gasteiger partial charge in [-0.25, -0.2) is 8.42 Å². The predicted molar refractivity (Wildman–Crippen MR) is 72.0 cm³/mol. The number of sulfone groups is 1. The van der Waals surface area contributed by atoms with E-state index in [0.717, 1.165) is 13.0 Å². The quantitative estimate of drug-likeness (QED) is 0.748. The molecule has 0 aromatic carbocycles. The molecule has 1 rings (SSSR count). The van der Waals surface area contributed by atoms with Crippen LogP contribution in [0.3, 0.4) is 0 Å². The molecule has 1 aliphatic heterocycles. The lowest BCUT2D eigenvalue weighted by molar-refractivity contribution is 0.419. The Morgan fingerprint density at radius 2 is 2.12 bits per heavy atom. The van der Waals surface area contributed by atoms with E-state index in [0.29, 0.717) is 18.6 Å². The smallest absolute Gasteiger partial charge is 0.153 e. The van der Waals surface area contributed by atoms with Crippen LogP contribution in [-0.4, -0.2) is 44.6 Å². The summed E-state index contributed by atoms with van der Waals surface area (Å²) in [5.74, 6) is 0. The minimum absolute atomic E-state index is 0.353. The van der Waals surface area contributed by atoms with Crippen LogP contribution in [0, 0.1) is 0 Å². The van der Waals surface area contributed by atoms with Crippen molar-refractivity contribution in [1.82, 2.24) is 10.6 Å². The Balaban J connectivity index is 2.34.